The van der Waals surface area contributed by atoms with E-state index in [2.05, 4.69) is 30.4 Å². The van der Waals surface area contributed by atoms with E-state index >= 15 is 0 Å². The largest absolute Gasteiger partial charge is 0.325 e. The predicted molar refractivity (Wildman–Crippen MR) is 86.4 cm³/mol. The van der Waals surface area contributed by atoms with Crippen LogP contribution in [0.3, 0.4) is 0 Å². The number of nitrogens with one attached hydrogen (secondary N) is 1. The number of hydrogen-bond acceptors (Lipinski definition) is 2. The van der Waals surface area contributed by atoms with Crippen LogP contribution in [0.2, 0.25) is 0 Å². The zero-order chi connectivity index (χ0) is 14.8. The van der Waals surface area contributed by atoms with Crippen molar-refractivity contribution in [3.63, 3.8) is 0 Å². The average Bonchev–Trinajstić information content (AvgIpc) is 2.76. The van der Waals surface area contributed by atoms with Gasteiger partial charge in [0, 0.05) is 27.3 Å². The summed E-state index contributed by atoms with van der Waals surface area (Å²) in [5, 5.41) is 3.04. The van der Waals surface area contributed by atoms with E-state index in [4.69, 9.17) is 0 Å². The zero-order valence-corrected chi connectivity index (χ0v) is 13.3. The molecule has 0 radical (unpaired) electrons. The van der Waals surface area contributed by atoms with Crippen LogP contribution in [-0.4, -0.2) is 5.91 Å². The molecule has 1 heterocycles. The predicted octanol–water partition coefficient (Wildman–Crippen LogP) is 4.63. The highest BCUT2D eigenvalue weighted by molar-refractivity contribution is 7.11. The van der Waals surface area contributed by atoms with Crippen LogP contribution in [0.15, 0.2) is 36.4 Å². The van der Waals surface area contributed by atoms with E-state index in [1.54, 1.807) is 11.3 Å². The van der Waals surface area contributed by atoms with Gasteiger partial charge in [0.25, 0.3) is 0 Å². The molecule has 2 nitrogen and oxygen atoms in total. The van der Waals surface area contributed by atoms with E-state index in [1.807, 2.05) is 39.0 Å². The molecular formula is C17H21NOS. The Morgan fingerprint density at radius 1 is 1.15 bits per heavy atom. The van der Waals surface area contributed by atoms with Crippen molar-refractivity contribution < 1.29 is 4.79 Å². The lowest BCUT2D eigenvalue weighted by molar-refractivity contribution is -0.123. The fourth-order valence-corrected chi connectivity index (χ4v) is 2.79. The van der Waals surface area contributed by atoms with Crippen LogP contribution in [0.1, 0.15) is 36.1 Å². The van der Waals surface area contributed by atoms with Crippen LogP contribution in [0.4, 0.5) is 5.69 Å². The summed E-state index contributed by atoms with van der Waals surface area (Å²) in [5.41, 5.74) is 1.69. The van der Waals surface area contributed by atoms with E-state index in [-0.39, 0.29) is 11.3 Å². The fraction of sp³-hybridized carbons (Fsp3) is 0.353. The minimum atomic E-state index is -0.382. The summed E-state index contributed by atoms with van der Waals surface area (Å²) in [7, 11) is 0. The SMILES string of the molecule is Cc1ccc(Cc2ccccc2NC(=O)C(C)(C)C)s1. The van der Waals surface area contributed by atoms with Gasteiger partial charge in [-0.2, -0.15) is 0 Å². The summed E-state index contributed by atoms with van der Waals surface area (Å²) in [6.45, 7) is 7.89. The van der Waals surface area contributed by atoms with Crippen LogP contribution in [0, 0.1) is 12.3 Å². The van der Waals surface area contributed by atoms with E-state index < -0.39 is 0 Å². The lowest BCUT2D eigenvalue weighted by Crippen LogP contribution is -2.28. The monoisotopic (exact) mass is 287 g/mol. The van der Waals surface area contributed by atoms with Gasteiger partial charge in [-0.1, -0.05) is 39.0 Å². The van der Waals surface area contributed by atoms with E-state index in [0.29, 0.717) is 0 Å². The summed E-state index contributed by atoms with van der Waals surface area (Å²) in [6.07, 6.45) is 0.860. The molecule has 0 fully saturated rings. The first kappa shape index (κ1) is 14.8. The minimum absolute atomic E-state index is 0.0484. The highest BCUT2D eigenvalue weighted by atomic mass is 32.1. The maximum atomic E-state index is 12.1. The second kappa shape index (κ2) is 5.80. The van der Waals surface area contributed by atoms with E-state index in [9.17, 15) is 4.79 Å². The van der Waals surface area contributed by atoms with Gasteiger partial charge < -0.3 is 5.32 Å². The summed E-state index contributed by atoms with van der Waals surface area (Å²) in [6, 6.07) is 12.3. The lowest BCUT2D eigenvalue weighted by atomic mass is 9.95. The molecule has 1 N–H and O–H groups in total. The standard InChI is InChI=1S/C17H21NOS/c1-12-9-10-14(20-12)11-13-7-5-6-8-15(13)18-16(19)17(2,3)4/h5-10H,11H2,1-4H3,(H,18,19). The van der Waals surface area contributed by atoms with Gasteiger partial charge in [-0.05, 0) is 30.7 Å². The topological polar surface area (TPSA) is 29.1 Å². The summed E-state index contributed by atoms with van der Waals surface area (Å²) in [5.74, 6) is 0.0484. The number of benzene rings is 1. The first-order chi connectivity index (χ1) is 9.36. The van der Waals surface area contributed by atoms with Gasteiger partial charge in [0.2, 0.25) is 5.91 Å². The summed E-state index contributed by atoms with van der Waals surface area (Å²) < 4.78 is 0. The molecule has 0 spiro atoms. The van der Waals surface area contributed by atoms with Gasteiger partial charge in [-0.3, -0.25) is 4.79 Å². The molecule has 0 bridgehead atoms. The quantitative estimate of drug-likeness (QED) is 0.876. The number of anilines is 1. The first-order valence-electron chi connectivity index (χ1n) is 6.81. The number of carbonyl (C=O) groups is 1. The number of para-hydroxylation sites is 1. The summed E-state index contributed by atoms with van der Waals surface area (Å²) >= 11 is 1.80. The van der Waals surface area contributed by atoms with Crippen molar-refractivity contribution in [2.45, 2.75) is 34.1 Å². The van der Waals surface area contributed by atoms with Crippen molar-refractivity contribution in [3.05, 3.63) is 51.7 Å². The Morgan fingerprint density at radius 2 is 1.85 bits per heavy atom. The third-order valence-electron chi connectivity index (χ3n) is 3.11. The maximum Gasteiger partial charge on any atom is 0.229 e. The molecule has 2 rings (SSSR count). The number of rotatable bonds is 3. The number of thiophene rings is 1. The smallest absolute Gasteiger partial charge is 0.229 e. The second-order valence-corrected chi connectivity index (χ2v) is 7.42. The normalized spacial score (nSPS) is 11.4. The third kappa shape index (κ3) is 3.70. The fourth-order valence-electron chi connectivity index (χ4n) is 1.87. The third-order valence-corrected chi connectivity index (χ3v) is 4.11. The molecule has 0 aliphatic carbocycles. The van der Waals surface area contributed by atoms with Gasteiger partial charge in [0.1, 0.15) is 0 Å². The van der Waals surface area contributed by atoms with Gasteiger partial charge >= 0.3 is 0 Å². The Labute approximate surface area is 124 Å². The average molecular weight is 287 g/mol. The van der Waals surface area contributed by atoms with Crippen molar-refractivity contribution in [2.24, 2.45) is 5.41 Å². The number of carbonyl (C=O) groups excluding carboxylic acids is 1. The minimum Gasteiger partial charge on any atom is -0.325 e. The molecule has 0 saturated carbocycles. The molecule has 20 heavy (non-hydrogen) atoms. The molecule has 0 unspecified atom stereocenters. The molecule has 0 aliphatic heterocycles. The van der Waals surface area contributed by atoms with Crippen molar-refractivity contribution in [1.82, 2.24) is 0 Å². The van der Waals surface area contributed by atoms with Crippen molar-refractivity contribution in [2.75, 3.05) is 5.32 Å². The highest BCUT2D eigenvalue weighted by Crippen LogP contribution is 2.25. The Balaban J connectivity index is 2.20. The summed E-state index contributed by atoms with van der Waals surface area (Å²) in [4.78, 5) is 14.8. The molecule has 106 valence electrons. The first-order valence-corrected chi connectivity index (χ1v) is 7.62. The van der Waals surface area contributed by atoms with E-state index in [0.717, 1.165) is 17.7 Å². The van der Waals surface area contributed by atoms with Crippen LogP contribution >= 0.6 is 11.3 Å². The van der Waals surface area contributed by atoms with Crippen LogP contribution in [-0.2, 0) is 11.2 Å². The molecule has 2 aromatic rings. The molecule has 1 aromatic heterocycles. The second-order valence-electron chi connectivity index (χ2n) is 6.05. The lowest BCUT2D eigenvalue weighted by Gasteiger charge is -2.19. The van der Waals surface area contributed by atoms with Crippen molar-refractivity contribution >= 4 is 22.9 Å². The molecule has 1 amide bonds. The molecule has 0 atom stereocenters. The molecule has 3 heteroatoms. The van der Waals surface area contributed by atoms with Gasteiger partial charge in [-0.15, -0.1) is 11.3 Å². The van der Waals surface area contributed by atoms with Gasteiger partial charge in [-0.25, -0.2) is 0 Å². The van der Waals surface area contributed by atoms with Gasteiger partial charge in [0.05, 0.1) is 0 Å². The maximum absolute atomic E-state index is 12.1. The van der Waals surface area contributed by atoms with E-state index in [1.165, 1.54) is 9.75 Å². The Hall–Kier alpha value is -1.61. The Kier molecular flexibility index (Phi) is 4.29. The zero-order valence-electron chi connectivity index (χ0n) is 12.5. The highest BCUT2D eigenvalue weighted by Gasteiger charge is 2.21. The molecule has 0 saturated heterocycles. The van der Waals surface area contributed by atoms with Crippen molar-refractivity contribution in [1.29, 1.82) is 0 Å². The number of aryl methyl sites for hydroxylation is 1. The van der Waals surface area contributed by atoms with Crippen LogP contribution < -0.4 is 5.32 Å². The van der Waals surface area contributed by atoms with Crippen molar-refractivity contribution in [3.8, 4) is 0 Å². The van der Waals surface area contributed by atoms with Gasteiger partial charge in [0.15, 0.2) is 0 Å². The number of hydrogen-bond donors (Lipinski definition) is 1. The van der Waals surface area contributed by atoms with Crippen LogP contribution in [0.5, 0.6) is 0 Å². The Morgan fingerprint density at radius 3 is 2.45 bits per heavy atom. The Bertz CT molecular complexity index is 607. The number of amides is 1. The molecular weight excluding hydrogens is 266 g/mol. The molecule has 0 aliphatic rings. The van der Waals surface area contributed by atoms with Crippen LogP contribution in [0.25, 0.3) is 0 Å². The molecule has 1 aromatic carbocycles.